The van der Waals surface area contributed by atoms with Gasteiger partial charge in [0.2, 0.25) is 0 Å². The maximum absolute atomic E-state index is 14.7. The first kappa shape index (κ1) is 22.2. The molecular formula is C23H19Cl3FN5O. The minimum Gasteiger partial charge on any atom is -0.484 e. The Morgan fingerprint density at radius 1 is 1.09 bits per heavy atom. The summed E-state index contributed by atoms with van der Waals surface area (Å²) in [6.45, 7) is 5.26. The number of aromatic amines is 1. The van der Waals surface area contributed by atoms with E-state index in [0.717, 1.165) is 24.9 Å². The zero-order valence-electron chi connectivity index (χ0n) is 17.8. The van der Waals surface area contributed by atoms with Gasteiger partial charge >= 0.3 is 0 Å². The number of fused-ring (bicyclic) bond motifs is 1. The van der Waals surface area contributed by atoms with Crippen molar-refractivity contribution in [2.24, 2.45) is 0 Å². The number of halogens is 4. The summed E-state index contributed by atoms with van der Waals surface area (Å²) in [5.74, 6) is 0.415. The van der Waals surface area contributed by atoms with Crippen LogP contribution in [-0.2, 0) is 0 Å². The molecule has 0 saturated carbocycles. The Morgan fingerprint density at radius 3 is 2.58 bits per heavy atom. The molecule has 0 radical (unpaired) electrons. The molecule has 4 heterocycles. The van der Waals surface area contributed by atoms with Crippen molar-refractivity contribution in [1.82, 2.24) is 20.2 Å². The smallest absolute Gasteiger partial charge is 0.166 e. The highest BCUT2D eigenvalue weighted by atomic mass is 35.5. The minimum atomic E-state index is -0.494. The molecule has 3 aromatic heterocycles. The van der Waals surface area contributed by atoms with Crippen LogP contribution in [0.5, 0.6) is 5.75 Å². The molecule has 1 saturated heterocycles. The Balaban J connectivity index is 1.51. The molecule has 0 aliphatic carbocycles. The van der Waals surface area contributed by atoms with E-state index in [9.17, 15) is 4.39 Å². The third kappa shape index (κ3) is 3.98. The van der Waals surface area contributed by atoms with E-state index in [1.54, 1.807) is 31.5 Å². The molecule has 1 fully saturated rings. The molecule has 1 aliphatic heterocycles. The number of hydrogen-bond donors (Lipinski definition) is 1. The van der Waals surface area contributed by atoms with E-state index in [1.165, 1.54) is 6.07 Å². The van der Waals surface area contributed by atoms with Gasteiger partial charge < -0.3 is 9.64 Å². The first-order valence-corrected chi connectivity index (χ1v) is 11.5. The predicted molar refractivity (Wildman–Crippen MR) is 129 cm³/mol. The lowest BCUT2D eigenvalue weighted by molar-refractivity contribution is 0.227. The molecule has 4 aromatic rings. The summed E-state index contributed by atoms with van der Waals surface area (Å²) in [4.78, 5) is 10.4. The number of ether oxygens (including phenoxy) is 1. The van der Waals surface area contributed by atoms with Gasteiger partial charge in [-0.2, -0.15) is 5.10 Å². The van der Waals surface area contributed by atoms with Crippen molar-refractivity contribution in [3.05, 3.63) is 62.7 Å². The van der Waals surface area contributed by atoms with Gasteiger partial charge in [0, 0.05) is 42.0 Å². The average Bonchev–Trinajstić information content (AvgIpc) is 3.14. The molecule has 5 rings (SSSR count). The monoisotopic (exact) mass is 505 g/mol. The van der Waals surface area contributed by atoms with Gasteiger partial charge in [0.1, 0.15) is 17.5 Å². The van der Waals surface area contributed by atoms with Crippen LogP contribution in [0.3, 0.4) is 0 Å². The summed E-state index contributed by atoms with van der Waals surface area (Å²) in [6.07, 6.45) is 3.72. The zero-order chi connectivity index (χ0) is 23.3. The summed E-state index contributed by atoms with van der Waals surface area (Å²) >= 11 is 19.2. The first-order valence-electron chi connectivity index (χ1n) is 10.4. The molecule has 1 unspecified atom stereocenters. The fourth-order valence-electron chi connectivity index (χ4n) is 3.85. The van der Waals surface area contributed by atoms with E-state index < -0.39 is 6.10 Å². The largest absolute Gasteiger partial charge is 0.484 e. The molecule has 0 spiro atoms. The van der Waals surface area contributed by atoms with Gasteiger partial charge in [-0.3, -0.25) is 10.1 Å². The Labute approximate surface area is 204 Å². The van der Waals surface area contributed by atoms with Crippen LogP contribution in [0.15, 0.2) is 30.6 Å². The van der Waals surface area contributed by atoms with Gasteiger partial charge in [-0.1, -0.05) is 34.8 Å². The minimum absolute atomic E-state index is 0.368. The predicted octanol–water partition coefficient (Wildman–Crippen LogP) is 6.78. The van der Waals surface area contributed by atoms with Gasteiger partial charge in [-0.15, -0.1) is 0 Å². The van der Waals surface area contributed by atoms with Crippen molar-refractivity contribution in [3.63, 3.8) is 0 Å². The van der Waals surface area contributed by atoms with Crippen LogP contribution in [0, 0.1) is 12.7 Å². The molecule has 0 amide bonds. The van der Waals surface area contributed by atoms with Crippen molar-refractivity contribution in [3.8, 4) is 17.0 Å². The molecule has 10 heteroatoms. The second-order valence-corrected chi connectivity index (χ2v) is 9.14. The average molecular weight is 507 g/mol. The number of benzene rings is 1. The Kier molecular flexibility index (Phi) is 5.80. The molecule has 0 bridgehead atoms. The molecular weight excluding hydrogens is 488 g/mol. The fraction of sp³-hybridized carbons (Fsp3) is 0.261. The summed E-state index contributed by atoms with van der Waals surface area (Å²) < 4.78 is 20.9. The quantitative estimate of drug-likeness (QED) is 0.323. The van der Waals surface area contributed by atoms with Crippen LogP contribution in [0.2, 0.25) is 15.1 Å². The summed E-state index contributed by atoms with van der Waals surface area (Å²) in [5, 5.41) is 9.27. The molecule has 33 heavy (non-hydrogen) atoms. The summed E-state index contributed by atoms with van der Waals surface area (Å²) in [7, 11) is 0. The number of nitrogens with one attached hydrogen (secondary N) is 1. The highest BCUT2D eigenvalue weighted by Gasteiger charge is 2.22. The molecule has 170 valence electrons. The maximum Gasteiger partial charge on any atom is 0.166 e. The van der Waals surface area contributed by atoms with Gasteiger partial charge in [0.25, 0.3) is 0 Å². The number of rotatable bonds is 5. The van der Waals surface area contributed by atoms with E-state index >= 15 is 0 Å². The normalized spacial score (nSPS) is 14.4. The zero-order valence-corrected chi connectivity index (χ0v) is 20.1. The Hall–Kier alpha value is -2.61. The summed E-state index contributed by atoms with van der Waals surface area (Å²) in [6, 6.07) is 4.94. The third-order valence-corrected chi connectivity index (χ3v) is 6.83. The standard InChI is InChI=1S/C23H19Cl3FN5O/c1-11-21(26)20(16(25)10-28-11)12(2)33-19-7-14-18(8-15(19)24)30-31-22(14)13-6-17(27)23(29-9-13)32-4-3-5-32/h6-10,12H,3-5H2,1-2H3,(H,30,31). The van der Waals surface area contributed by atoms with Crippen LogP contribution >= 0.6 is 34.8 Å². The van der Waals surface area contributed by atoms with E-state index in [-0.39, 0.29) is 5.82 Å². The van der Waals surface area contributed by atoms with Gasteiger partial charge in [-0.25, -0.2) is 9.37 Å². The van der Waals surface area contributed by atoms with Crippen LogP contribution in [-0.4, -0.2) is 33.3 Å². The molecule has 6 nitrogen and oxygen atoms in total. The lowest BCUT2D eigenvalue weighted by atomic mass is 10.1. The molecule has 1 N–H and O–H groups in total. The van der Waals surface area contributed by atoms with Crippen molar-refractivity contribution < 1.29 is 9.13 Å². The number of H-pyrrole nitrogens is 1. The van der Waals surface area contributed by atoms with E-state index in [1.807, 2.05) is 11.8 Å². The topological polar surface area (TPSA) is 66.9 Å². The fourth-order valence-corrected chi connectivity index (χ4v) is 4.71. The van der Waals surface area contributed by atoms with Crippen molar-refractivity contribution in [1.29, 1.82) is 0 Å². The lowest BCUT2D eigenvalue weighted by Gasteiger charge is -2.32. The Morgan fingerprint density at radius 2 is 1.88 bits per heavy atom. The number of nitrogens with zero attached hydrogens (tertiary/aromatic N) is 4. The molecule has 1 atom stereocenters. The lowest BCUT2D eigenvalue weighted by Crippen LogP contribution is -2.38. The number of hydrogen-bond acceptors (Lipinski definition) is 5. The maximum atomic E-state index is 14.7. The van der Waals surface area contributed by atoms with Crippen LogP contribution < -0.4 is 9.64 Å². The highest BCUT2D eigenvalue weighted by Crippen LogP contribution is 2.39. The summed E-state index contributed by atoms with van der Waals surface area (Å²) in [5.41, 5.74) is 3.08. The van der Waals surface area contributed by atoms with E-state index in [0.29, 0.717) is 54.7 Å². The number of pyridine rings is 2. The number of aromatic nitrogens is 4. The number of anilines is 1. The molecule has 1 aliphatic rings. The van der Waals surface area contributed by atoms with Crippen LogP contribution in [0.4, 0.5) is 10.2 Å². The Bertz CT molecular complexity index is 1370. The second-order valence-electron chi connectivity index (χ2n) is 7.95. The highest BCUT2D eigenvalue weighted by molar-refractivity contribution is 6.36. The first-order chi connectivity index (χ1) is 15.8. The van der Waals surface area contributed by atoms with Gasteiger partial charge in [-0.05, 0) is 38.5 Å². The number of aryl methyl sites for hydroxylation is 1. The SMILES string of the molecule is Cc1ncc(Cl)c(C(C)Oc2cc3c(-c4cnc(N5CCC5)c(F)c4)n[nH]c3cc2Cl)c1Cl. The van der Waals surface area contributed by atoms with Crippen LogP contribution in [0.1, 0.15) is 30.7 Å². The van der Waals surface area contributed by atoms with Gasteiger partial charge in [0.05, 0.1) is 26.3 Å². The van der Waals surface area contributed by atoms with E-state index in [4.69, 9.17) is 39.5 Å². The van der Waals surface area contributed by atoms with Crippen molar-refractivity contribution in [2.45, 2.75) is 26.4 Å². The van der Waals surface area contributed by atoms with Gasteiger partial charge in [0.15, 0.2) is 11.6 Å². The third-order valence-electron chi connectivity index (χ3n) is 5.76. The van der Waals surface area contributed by atoms with Crippen molar-refractivity contribution >= 4 is 51.5 Å². The second kappa shape index (κ2) is 8.63. The molecule has 1 aromatic carbocycles. The van der Waals surface area contributed by atoms with E-state index in [2.05, 4.69) is 20.2 Å². The van der Waals surface area contributed by atoms with Crippen LogP contribution in [0.25, 0.3) is 22.2 Å². The van der Waals surface area contributed by atoms with Crippen molar-refractivity contribution in [2.75, 3.05) is 18.0 Å².